The van der Waals surface area contributed by atoms with Crippen LogP contribution in [0.4, 0.5) is 0 Å². The highest BCUT2D eigenvalue weighted by atomic mass is 16.1. The van der Waals surface area contributed by atoms with Crippen molar-refractivity contribution in [1.29, 1.82) is 5.26 Å². The summed E-state index contributed by atoms with van der Waals surface area (Å²) in [6.45, 7) is 0.922. The molecule has 1 saturated heterocycles. The fourth-order valence-electron chi connectivity index (χ4n) is 0.989. The van der Waals surface area contributed by atoms with Crippen molar-refractivity contribution in [3.8, 4) is 6.19 Å². The molecule has 4 nitrogen and oxygen atoms in total. The summed E-state index contributed by atoms with van der Waals surface area (Å²) >= 11 is 0. The molecule has 11 heavy (non-hydrogen) atoms. The lowest BCUT2D eigenvalue weighted by atomic mass is 10.3. The zero-order chi connectivity index (χ0) is 8.10. The number of allylic oxidation sites excluding steroid dienone is 1. The van der Waals surface area contributed by atoms with E-state index in [4.69, 9.17) is 5.26 Å². The molecule has 1 aliphatic heterocycles. The summed E-state index contributed by atoms with van der Waals surface area (Å²) in [6, 6.07) is 0. The number of nitriles is 1. The Kier molecular flexibility index (Phi) is 2.50. The fraction of sp³-hybridized carbons (Fsp3) is 0.429. The molecule has 0 saturated carbocycles. The van der Waals surface area contributed by atoms with Crippen LogP contribution in [0.15, 0.2) is 11.8 Å². The average Bonchev–Trinajstić information content (AvgIpc) is 2.40. The second-order valence-electron chi connectivity index (χ2n) is 2.30. The molecule has 2 N–H and O–H groups in total. The van der Waals surface area contributed by atoms with E-state index in [1.807, 2.05) is 5.32 Å². The van der Waals surface area contributed by atoms with E-state index >= 15 is 0 Å². The van der Waals surface area contributed by atoms with Gasteiger partial charge >= 0.3 is 0 Å². The van der Waals surface area contributed by atoms with Gasteiger partial charge in [-0.05, 0) is 12.8 Å². The van der Waals surface area contributed by atoms with E-state index in [2.05, 4.69) is 5.32 Å². The van der Waals surface area contributed by atoms with Crippen molar-refractivity contribution in [2.75, 3.05) is 6.54 Å². The van der Waals surface area contributed by atoms with Crippen molar-refractivity contribution >= 4 is 5.91 Å². The van der Waals surface area contributed by atoms with Crippen molar-refractivity contribution in [2.24, 2.45) is 0 Å². The Morgan fingerprint density at radius 3 is 3.18 bits per heavy atom. The fourth-order valence-corrected chi connectivity index (χ4v) is 0.989. The van der Waals surface area contributed by atoms with Gasteiger partial charge in [-0.1, -0.05) is 0 Å². The average molecular weight is 151 g/mol. The topological polar surface area (TPSA) is 64.9 Å². The molecule has 0 unspecified atom stereocenters. The number of carbonyl (C=O) groups excluding carboxylic acids is 1. The Hall–Kier alpha value is -1.50. The Bertz CT molecular complexity index is 218. The lowest BCUT2D eigenvalue weighted by Gasteiger charge is -1.95. The molecule has 4 heteroatoms. The van der Waals surface area contributed by atoms with Crippen LogP contribution in [0.3, 0.4) is 0 Å². The van der Waals surface area contributed by atoms with Crippen LogP contribution in [0, 0.1) is 11.5 Å². The third kappa shape index (κ3) is 2.30. The maximum Gasteiger partial charge on any atom is 0.258 e. The molecule has 0 aromatic carbocycles. The predicted octanol–water partition coefficient (Wildman–Crippen LogP) is -0.149. The molecule has 1 aliphatic rings. The van der Waals surface area contributed by atoms with Crippen LogP contribution in [0.2, 0.25) is 0 Å². The first-order valence-electron chi connectivity index (χ1n) is 3.46. The lowest BCUT2D eigenvalue weighted by Crippen LogP contribution is -2.16. The zero-order valence-corrected chi connectivity index (χ0v) is 6.05. The largest absolute Gasteiger partial charge is 0.388 e. The number of nitrogens with zero attached hydrogens (tertiary/aromatic N) is 1. The van der Waals surface area contributed by atoms with E-state index < -0.39 is 0 Å². The first-order chi connectivity index (χ1) is 5.33. The summed E-state index contributed by atoms with van der Waals surface area (Å²) in [4.78, 5) is 10.7. The van der Waals surface area contributed by atoms with E-state index in [1.165, 1.54) is 6.08 Å². The summed E-state index contributed by atoms with van der Waals surface area (Å²) < 4.78 is 0. The number of rotatable bonds is 1. The molecular weight excluding hydrogens is 142 g/mol. The number of nitrogens with one attached hydrogen (secondary N) is 2. The summed E-state index contributed by atoms with van der Waals surface area (Å²) in [5, 5.41) is 13.1. The molecule has 0 bridgehead atoms. The molecule has 1 fully saturated rings. The first-order valence-corrected chi connectivity index (χ1v) is 3.46. The normalized spacial score (nSPS) is 19.0. The Morgan fingerprint density at radius 1 is 1.82 bits per heavy atom. The van der Waals surface area contributed by atoms with Gasteiger partial charge in [0.15, 0.2) is 6.19 Å². The number of carbonyl (C=O) groups is 1. The lowest BCUT2D eigenvalue weighted by molar-refractivity contribution is -0.115. The predicted molar refractivity (Wildman–Crippen MR) is 39.1 cm³/mol. The van der Waals surface area contributed by atoms with Crippen LogP contribution >= 0.6 is 0 Å². The number of hydrogen-bond acceptors (Lipinski definition) is 3. The van der Waals surface area contributed by atoms with Gasteiger partial charge in [0.25, 0.3) is 5.91 Å². The van der Waals surface area contributed by atoms with Crippen LogP contribution in [0.25, 0.3) is 0 Å². The molecule has 0 aliphatic carbocycles. The highest BCUT2D eigenvalue weighted by molar-refractivity contribution is 5.89. The smallest absolute Gasteiger partial charge is 0.258 e. The minimum absolute atomic E-state index is 0.350. The highest BCUT2D eigenvalue weighted by Gasteiger charge is 2.06. The molecule has 58 valence electrons. The van der Waals surface area contributed by atoms with Gasteiger partial charge < -0.3 is 5.32 Å². The van der Waals surface area contributed by atoms with Crippen molar-refractivity contribution in [3.63, 3.8) is 0 Å². The molecule has 0 aromatic heterocycles. The van der Waals surface area contributed by atoms with Crippen molar-refractivity contribution in [1.82, 2.24) is 10.6 Å². The van der Waals surface area contributed by atoms with Crippen LogP contribution in [0.5, 0.6) is 0 Å². The van der Waals surface area contributed by atoms with Gasteiger partial charge in [0.2, 0.25) is 0 Å². The monoisotopic (exact) mass is 151 g/mol. The molecular formula is C7H9N3O. The summed E-state index contributed by atoms with van der Waals surface area (Å²) in [5.74, 6) is -0.350. The summed E-state index contributed by atoms with van der Waals surface area (Å²) in [5.41, 5.74) is 0.915. The Balaban J connectivity index is 2.44. The molecule has 1 heterocycles. The molecule has 1 amide bonds. The summed E-state index contributed by atoms with van der Waals surface area (Å²) in [7, 11) is 0. The van der Waals surface area contributed by atoms with Crippen molar-refractivity contribution < 1.29 is 4.79 Å². The quantitative estimate of drug-likeness (QED) is 0.311. The van der Waals surface area contributed by atoms with Crippen LogP contribution in [0.1, 0.15) is 12.8 Å². The third-order valence-corrected chi connectivity index (χ3v) is 1.46. The first kappa shape index (κ1) is 7.61. The molecule has 0 atom stereocenters. The Labute approximate surface area is 64.9 Å². The van der Waals surface area contributed by atoms with E-state index in [9.17, 15) is 4.79 Å². The minimum Gasteiger partial charge on any atom is -0.388 e. The van der Waals surface area contributed by atoms with Gasteiger partial charge in [-0.15, -0.1) is 0 Å². The van der Waals surface area contributed by atoms with Gasteiger partial charge in [-0.25, -0.2) is 0 Å². The van der Waals surface area contributed by atoms with Crippen molar-refractivity contribution in [3.05, 3.63) is 11.8 Å². The van der Waals surface area contributed by atoms with E-state index in [0.29, 0.717) is 0 Å². The van der Waals surface area contributed by atoms with Crippen LogP contribution in [-0.4, -0.2) is 12.5 Å². The molecule has 0 radical (unpaired) electrons. The minimum atomic E-state index is -0.350. The van der Waals surface area contributed by atoms with Crippen LogP contribution < -0.4 is 10.6 Å². The molecule has 1 rings (SSSR count). The van der Waals surface area contributed by atoms with Gasteiger partial charge in [0, 0.05) is 18.3 Å². The molecule has 0 aromatic rings. The molecule has 0 spiro atoms. The Morgan fingerprint density at radius 2 is 2.64 bits per heavy atom. The number of hydrogen-bond donors (Lipinski definition) is 2. The standard InChI is InChI=1S/C7H9N3O/c8-5-10-7(11)4-6-2-1-3-9-6/h4,9H,1-3H2,(H,10,11). The van der Waals surface area contributed by atoms with Gasteiger partial charge in [-0.2, -0.15) is 5.26 Å². The number of amides is 1. The highest BCUT2D eigenvalue weighted by Crippen LogP contribution is 2.07. The van der Waals surface area contributed by atoms with Crippen LogP contribution in [-0.2, 0) is 4.79 Å². The zero-order valence-electron chi connectivity index (χ0n) is 6.05. The van der Waals surface area contributed by atoms with E-state index in [0.717, 1.165) is 25.1 Å². The maximum atomic E-state index is 10.7. The summed E-state index contributed by atoms with van der Waals surface area (Å²) in [6.07, 6.45) is 4.96. The van der Waals surface area contributed by atoms with Gasteiger partial charge in [-0.3, -0.25) is 10.1 Å². The van der Waals surface area contributed by atoms with E-state index in [-0.39, 0.29) is 5.91 Å². The SMILES string of the molecule is N#CNC(=O)C=C1CCCN1. The van der Waals surface area contributed by atoms with Crippen molar-refractivity contribution in [2.45, 2.75) is 12.8 Å². The van der Waals surface area contributed by atoms with E-state index in [1.54, 1.807) is 6.19 Å². The second-order valence-corrected chi connectivity index (χ2v) is 2.30. The maximum absolute atomic E-state index is 10.7. The third-order valence-electron chi connectivity index (χ3n) is 1.46. The second kappa shape index (κ2) is 3.62. The van der Waals surface area contributed by atoms with Gasteiger partial charge in [0.1, 0.15) is 0 Å². The van der Waals surface area contributed by atoms with Gasteiger partial charge in [0.05, 0.1) is 0 Å².